The lowest BCUT2D eigenvalue weighted by atomic mass is 10.0. The van der Waals surface area contributed by atoms with E-state index in [2.05, 4.69) is 5.32 Å². The Balaban J connectivity index is 1.58. The summed E-state index contributed by atoms with van der Waals surface area (Å²) in [7, 11) is 0. The first kappa shape index (κ1) is 11.7. The van der Waals surface area contributed by atoms with Crippen molar-refractivity contribution < 1.29 is 4.92 Å². The van der Waals surface area contributed by atoms with Gasteiger partial charge in [0.2, 0.25) is 0 Å². The van der Waals surface area contributed by atoms with Gasteiger partial charge in [0.25, 0.3) is 5.69 Å². The summed E-state index contributed by atoms with van der Waals surface area (Å²) in [5.41, 5.74) is 0.910. The third-order valence-electron chi connectivity index (χ3n) is 5.38. The summed E-state index contributed by atoms with van der Waals surface area (Å²) in [4.78, 5) is 10.7. The monoisotopic (exact) mass is 269 g/mol. The first-order chi connectivity index (χ1) is 9.69. The van der Waals surface area contributed by atoms with Crippen molar-refractivity contribution in [3.05, 3.63) is 33.9 Å². The van der Waals surface area contributed by atoms with E-state index in [0.717, 1.165) is 23.7 Å². The second-order valence-corrected chi connectivity index (χ2v) is 6.26. The van der Waals surface area contributed by atoms with Crippen molar-refractivity contribution in [1.82, 2.24) is 0 Å². The maximum atomic E-state index is 11.1. The number of rotatable bonds is 3. The number of nitro benzene ring substituents is 1. The van der Waals surface area contributed by atoms with Crippen LogP contribution in [0, 0.1) is 45.1 Å². The molecule has 5 heteroatoms. The molecule has 4 unspecified atom stereocenters. The van der Waals surface area contributed by atoms with Gasteiger partial charge in [0.15, 0.2) is 0 Å². The SMILES string of the molecule is N#Cc1ccc(NC2C3C4CCC(C4)C23)c([N+](=O)[O-])c1. The molecule has 0 saturated heterocycles. The van der Waals surface area contributed by atoms with Gasteiger partial charge in [-0.15, -0.1) is 0 Å². The van der Waals surface area contributed by atoms with Crippen LogP contribution >= 0.6 is 0 Å². The fourth-order valence-corrected chi connectivity index (χ4v) is 4.57. The number of anilines is 1. The summed E-state index contributed by atoms with van der Waals surface area (Å²) in [5, 5.41) is 23.3. The van der Waals surface area contributed by atoms with Crippen LogP contribution in [0.15, 0.2) is 18.2 Å². The van der Waals surface area contributed by atoms with Crippen LogP contribution in [-0.4, -0.2) is 11.0 Å². The van der Waals surface area contributed by atoms with Crippen molar-refractivity contribution in [3.8, 4) is 6.07 Å². The average molecular weight is 269 g/mol. The molecular formula is C15H15N3O2. The van der Waals surface area contributed by atoms with E-state index in [0.29, 0.717) is 17.3 Å². The van der Waals surface area contributed by atoms with Crippen LogP contribution in [0.5, 0.6) is 0 Å². The molecule has 3 fully saturated rings. The normalized spacial score (nSPS) is 36.2. The molecule has 2 bridgehead atoms. The Labute approximate surface area is 116 Å². The number of nitrogens with one attached hydrogen (secondary N) is 1. The second kappa shape index (κ2) is 3.95. The molecule has 102 valence electrons. The van der Waals surface area contributed by atoms with Crippen LogP contribution in [0.25, 0.3) is 0 Å². The highest BCUT2D eigenvalue weighted by atomic mass is 16.6. The largest absolute Gasteiger partial charge is 0.376 e. The minimum atomic E-state index is -0.407. The van der Waals surface area contributed by atoms with Crippen LogP contribution in [0.3, 0.4) is 0 Å². The van der Waals surface area contributed by atoms with Crippen LogP contribution in [0.2, 0.25) is 0 Å². The van der Waals surface area contributed by atoms with Gasteiger partial charge in [0.1, 0.15) is 5.69 Å². The lowest BCUT2D eigenvalue weighted by Crippen LogP contribution is -2.13. The van der Waals surface area contributed by atoms with Crippen molar-refractivity contribution in [2.24, 2.45) is 23.7 Å². The number of hydrogen-bond acceptors (Lipinski definition) is 4. The van der Waals surface area contributed by atoms with Crippen LogP contribution in [0.1, 0.15) is 24.8 Å². The minimum absolute atomic E-state index is 0.0152. The Morgan fingerprint density at radius 2 is 2.00 bits per heavy atom. The molecule has 3 aliphatic rings. The Kier molecular flexibility index (Phi) is 2.31. The van der Waals surface area contributed by atoms with Crippen molar-refractivity contribution >= 4 is 11.4 Å². The first-order valence-electron chi connectivity index (χ1n) is 7.14. The highest BCUT2D eigenvalue weighted by molar-refractivity contribution is 5.65. The molecule has 1 aromatic rings. The van der Waals surface area contributed by atoms with Crippen LogP contribution in [-0.2, 0) is 0 Å². The first-order valence-corrected chi connectivity index (χ1v) is 7.14. The van der Waals surface area contributed by atoms with E-state index in [1.165, 1.54) is 25.3 Å². The van der Waals surface area contributed by atoms with E-state index in [-0.39, 0.29) is 5.69 Å². The highest BCUT2D eigenvalue weighted by Gasteiger charge is 2.65. The third-order valence-corrected chi connectivity index (χ3v) is 5.38. The Morgan fingerprint density at radius 3 is 2.60 bits per heavy atom. The van der Waals surface area contributed by atoms with Crippen molar-refractivity contribution in [2.75, 3.05) is 5.32 Å². The number of nitriles is 1. The summed E-state index contributed by atoms with van der Waals surface area (Å²) in [5.74, 6) is 3.12. The molecule has 0 aromatic heterocycles. The molecule has 0 amide bonds. The fourth-order valence-electron chi connectivity index (χ4n) is 4.57. The van der Waals surface area contributed by atoms with Crippen molar-refractivity contribution in [3.63, 3.8) is 0 Å². The van der Waals surface area contributed by atoms with Gasteiger partial charge >= 0.3 is 0 Å². The molecule has 4 rings (SSSR count). The summed E-state index contributed by atoms with van der Waals surface area (Å²) >= 11 is 0. The molecule has 0 spiro atoms. The van der Waals surface area contributed by atoms with Crippen LogP contribution in [0.4, 0.5) is 11.4 Å². The summed E-state index contributed by atoms with van der Waals surface area (Å²) in [6.45, 7) is 0. The quantitative estimate of drug-likeness (QED) is 0.676. The zero-order chi connectivity index (χ0) is 13.9. The van der Waals surface area contributed by atoms with Gasteiger partial charge in [0, 0.05) is 12.1 Å². The number of hydrogen-bond donors (Lipinski definition) is 1. The Hall–Kier alpha value is -2.09. The Bertz CT molecular complexity index is 620. The molecule has 20 heavy (non-hydrogen) atoms. The van der Waals surface area contributed by atoms with E-state index in [1.807, 2.05) is 6.07 Å². The third kappa shape index (κ3) is 1.54. The predicted octanol–water partition coefficient (Wildman–Crippen LogP) is 2.92. The van der Waals surface area contributed by atoms with Gasteiger partial charge in [-0.05, 0) is 55.1 Å². The summed E-state index contributed by atoms with van der Waals surface area (Å²) < 4.78 is 0. The zero-order valence-corrected chi connectivity index (χ0v) is 11.0. The van der Waals surface area contributed by atoms with Gasteiger partial charge in [-0.25, -0.2) is 0 Å². The van der Waals surface area contributed by atoms with E-state index in [9.17, 15) is 10.1 Å². The molecule has 5 nitrogen and oxygen atoms in total. The van der Waals surface area contributed by atoms with Gasteiger partial charge in [0.05, 0.1) is 16.6 Å². The van der Waals surface area contributed by atoms with Gasteiger partial charge < -0.3 is 5.32 Å². The van der Waals surface area contributed by atoms with Gasteiger partial charge in [-0.1, -0.05) is 0 Å². The number of nitro groups is 1. The van der Waals surface area contributed by atoms with E-state index in [1.54, 1.807) is 12.1 Å². The molecule has 3 saturated carbocycles. The molecule has 0 radical (unpaired) electrons. The number of nitrogens with zero attached hydrogens (tertiary/aromatic N) is 2. The summed E-state index contributed by atoms with van der Waals surface area (Å²) in [6, 6.07) is 7.03. The average Bonchev–Trinajstić information content (AvgIpc) is 2.84. The van der Waals surface area contributed by atoms with Crippen LogP contribution < -0.4 is 5.32 Å². The van der Waals surface area contributed by atoms with Gasteiger partial charge in [-0.3, -0.25) is 10.1 Å². The van der Waals surface area contributed by atoms with Crippen molar-refractivity contribution in [1.29, 1.82) is 5.26 Å². The van der Waals surface area contributed by atoms with E-state index < -0.39 is 4.92 Å². The lowest BCUT2D eigenvalue weighted by molar-refractivity contribution is -0.384. The topological polar surface area (TPSA) is 79.0 Å². The standard InChI is InChI=1S/C15H15N3O2/c16-7-8-1-4-11(12(5-8)18(19)20)17-15-13-9-2-3-10(6-9)14(13)15/h1,4-5,9-10,13-15,17H,2-3,6H2. The molecule has 3 aliphatic carbocycles. The Morgan fingerprint density at radius 1 is 1.30 bits per heavy atom. The van der Waals surface area contributed by atoms with E-state index >= 15 is 0 Å². The minimum Gasteiger partial charge on any atom is -0.376 e. The maximum absolute atomic E-state index is 11.1. The molecule has 4 atom stereocenters. The number of fused-ring (bicyclic) bond motifs is 5. The smallest absolute Gasteiger partial charge is 0.293 e. The molecule has 1 N–H and O–H groups in total. The molecular weight excluding hydrogens is 254 g/mol. The fraction of sp³-hybridized carbons (Fsp3) is 0.533. The van der Waals surface area contributed by atoms with Crippen molar-refractivity contribution in [2.45, 2.75) is 25.3 Å². The predicted molar refractivity (Wildman–Crippen MR) is 73.0 cm³/mol. The van der Waals surface area contributed by atoms with E-state index in [4.69, 9.17) is 5.26 Å². The second-order valence-electron chi connectivity index (χ2n) is 6.26. The van der Waals surface area contributed by atoms with Gasteiger partial charge in [-0.2, -0.15) is 5.26 Å². The highest BCUT2D eigenvalue weighted by Crippen LogP contribution is 2.66. The molecule has 0 heterocycles. The molecule has 1 aromatic carbocycles. The zero-order valence-electron chi connectivity index (χ0n) is 11.0. The number of benzene rings is 1. The molecule has 0 aliphatic heterocycles. The summed E-state index contributed by atoms with van der Waals surface area (Å²) in [6.07, 6.45) is 4.03. The lowest BCUT2D eigenvalue weighted by Gasteiger charge is -2.12. The maximum Gasteiger partial charge on any atom is 0.293 e.